The van der Waals surface area contributed by atoms with Crippen LogP contribution in [0, 0.1) is 11.3 Å². The van der Waals surface area contributed by atoms with E-state index in [9.17, 15) is 10.1 Å². The van der Waals surface area contributed by atoms with E-state index in [1.807, 2.05) is 60.7 Å². The molecule has 0 atom stereocenters. The van der Waals surface area contributed by atoms with Gasteiger partial charge in [-0.15, -0.1) is 0 Å². The van der Waals surface area contributed by atoms with Gasteiger partial charge in [-0.2, -0.15) is 5.26 Å². The minimum absolute atomic E-state index is 0.235. The zero-order valence-electron chi connectivity index (χ0n) is 18.4. The Labute approximate surface area is 202 Å². The maximum absolute atomic E-state index is 12.2. The molecule has 0 bridgehead atoms. The summed E-state index contributed by atoms with van der Waals surface area (Å²) in [6.07, 6.45) is 1.74. The molecule has 168 valence electrons. The van der Waals surface area contributed by atoms with Crippen molar-refractivity contribution in [1.82, 2.24) is 0 Å². The number of anilines is 1. The number of rotatable bonds is 7. The van der Waals surface area contributed by atoms with E-state index < -0.39 is 0 Å². The first-order valence-electron chi connectivity index (χ1n) is 10.5. The second-order valence-corrected chi connectivity index (χ2v) is 7.88. The van der Waals surface area contributed by atoms with E-state index in [1.54, 1.807) is 30.3 Å². The van der Waals surface area contributed by atoms with E-state index in [0.29, 0.717) is 22.6 Å². The number of methoxy groups -OCH3 is 1. The number of nitrogens with zero attached hydrogens (tertiary/aromatic N) is 1. The highest BCUT2D eigenvalue weighted by Gasteiger charge is 2.14. The summed E-state index contributed by atoms with van der Waals surface area (Å²) in [6.45, 7) is -0.235. The molecule has 5 nitrogen and oxygen atoms in total. The molecule has 4 aromatic carbocycles. The lowest BCUT2D eigenvalue weighted by Crippen LogP contribution is -2.20. The van der Waals surface area contributed by atoms with Gasteiger partial charge in [-0.05, 0) is 58.3 Å². The highest BCUT2D eigenvalue weighted by molar-refractivity contribution is 6.32. The standard InChI is InChI=1S/C28H21ClN2O3/c1-33-26-15-19(13-23(17-30)22-12-11-20-7-5-6-8-21(20)16-22)14-25(29)28(26)34-18-27(32)31-24-9-3-2-4-10-24/h2-16H,18H2,1H3,(H,31,32). The maximum atomic E-state index is 12.2. The van der Waals surface area contributed by atoms with Crippen LogP contribution in [-0.2, 0) is 4.79 Å². The summed E-state index contributed by atoms with van der Waals surface area (Å²) in [7, 11) is 1.49. The summed E-state index contributed by atoms with van der Waals surface area (Å²) >= 11 is 6.46. The zero-order valence-corrected chi connectivity index (χ0v) is 19.2. The van der Waals surface area contributed by atoms with Crippen molar-refractivity contribution in [1.29, 1.82) is 5.26 Å². The molecule has 4 aromatic rings. The third-order valence-electron chi connectivity index (χ3n) is 5.15. The second-order valence-electron chi connectivity index (χ2n) is 7.47. The molecule has 0 aromatic heterocycles. The van der Waals surface area contributed by atoms with Crippen molar-refractivity contribution >= 4 is 45.6 Å². The molecule has 0 fully saturated rings. The van der Waals surface area contributed by atoms with Gasteiger partial charge in [0, 0.05) is 5.69 Å². The third-order valence-corrected chi connectivity index (χ3v) is 5.43. The van der Waals surface area contributed by atoms with E-state index in [4.69, 9.17) is 21.1 Å². The van der Waals surface area contributed by atoms with Gasteiger partial charge in [0.15, 0.2) is 18.1 Å². The minimum atomic E-state index is -0.323. The zero-order chi connectivity index (χ0) is 23.9. The average Bonchev–Trinajstić information content (AvgIpc) is 2.86. The summed E-state index contributed by atoms with van der Waals surface area (Å²) < 4.78 is 11.1. The molecular formula is C28H21ClN2O3. The summed E-state index contributed by atoms with van der Waals surface area (Å²) in [5.74, 6) is 0.298. The summed E-state index contributed by atoms with van der Waals surface area (Å²) in [4.78, 5) is 12.2. The van der Waals surface area contributed by atoms with Crippen LogP contribution < -0.4 is 14.8 Å². The fourth-order valence-corrected chi connectivity index (χ4v) is 3.80. The van der Waals surface area contributed by atoms with Crippen molar-refractivity contribution < 1.29 is 14.3 Å². The Kier molecular flexibility index (Phi) is 7.12. The molecule has 0 spiro atoms. The Hall–Kier alpha value is -4.27. The monoisotopic (exact) mass is 468 g/mol. The number of nitriles is 1. The predicted molar refractivity (Wildman–Crippen MR) is 136 cm³/mol. The van der Waals surface area contributed by atoms with Crippen LogP contribution in [0.15, 0.2) is 84.9 Å². The number of halogens is 1. The lowest BCUT2D eigenvalue weighted by molar-refractivity contribution is -0.118. The molecule has 4 rings (SSSR count). The van der Waals surface area contributed by atoms with Crippen LogP contribution in [0.3, 0.4) is 0 Å². The number of fused-ring (bicyclic) bond motifs is 1. The van der Waals surface area contributed by atoms with Gasteiger partial charge in [0.1, 0.15) is 0 Å². The van der Waals surface area contributed by atoms with Gasteiger partial charge in [-0.25, -0.2) is 0 Å². The van der Waals surface area contributed by atoms with Crippen LogP contribution in [-0.4, -0.2) is 19.6 Å². The van der Waals surface area contributed by atoms with Gasteiger partial charge in [-0.1, -0.05) is 66.2 Å². The minimum Gasteiger partial charge on any atom is -0.493 e. The maximum Gasteiger partial charge on any atom is 0.262 e. The molecule has 0 aliphatic heterocycles. The number of benzene rings is 4. The first-order valence-corrected chi connectivity index (χ1v) is 10.9. The number of carbonyl (C=O) groups excluding carboxylic acids is 1. The molecule has 0 heterocycles. The Bertz CT molecular complexity index is 1410. The molecular weight excluding hydrogens is 448 g/mol. The normalized spacial score (nSPS) is 11.0. The molecule has 1 amide bonds. The van der Waals surface area contributed by atoms with Crippen molar-refractivity contribution in [3.8, 4) is 17.6 Å². The second kappa shape index (κ2) is 10.6. The van der Waals surface area contributed by atoms with E-state index in [2.05, 4.69) is 11.4 Å². The van der Waals surface area contributed by atoms with Crippen molar-refractivity contribution in [2.24, 2.45) is 0 Å². The number of ether oxygens (including phenoxy) is 2. The Morgan fingerprint density at radius 2 is 1.74 bits per heavy atom. The number of allylic oxidation sites excluding steroid dienone is 1. The summed E-state index contributed by atoms with van der Waals surface area (Å²) in [5, 5.41) is 15.0. The highest BCUT2D eigenvalue weighted by Crippen LogP contribution is 2.37. The van der Waals surface area contributed by atoms with Crippen LogP contribution >= 0.6 is 11.6 Å². The van der Waals surface area contributed by atoms with E-state index in [1.165, 1.54) is 7.11 Å². The summed E-state index contributed by atoms with van der Waals surface area (Å²) in [5.41, 5.74) is 2.63. The number of para-hydroxylation sites is 1. The van der Waals surface area contributed by atoms with Gasteiger partial charge in [0.2, 0.25) is 0 Å². The van der Waals surface area contributed by atoms with Crippen molar-refractivity contribution in [3.63, 3.8) is 0 Å². The Morgan fingerprint density at radius 1 is 1.00 bits per heavy atom. The smallest absolute Gasteiger partial charge is 0.262 e. The van der Waals surface area contributed by atoms with E-state index in [0.717, 1.165) is 16.3 Å². The Morgan fingerprint density at radius 3 is 2.47 bits per heavy atom. The largest absolute Gasteiger partial charge is 0.493 e. The number of nitrogens with one attached hydrogen (secondary N) is 1. The van der Waals surface area contributed by atoms with Crippen LogP contribution in [0.4, 0.5) is 5.69 Å². The van der Waals surface area contributed by atoms with Crippen LogP contribution in [0.25, 0.3) is 22.4 Å². The van der Waals surface area contributed by atoms with Gasteiger partial charge in [0.25, 0.3) is 5.91 Å². The number of hydrogen-bond acceptors (Lipinski definition) is 4. The van der Waals surface area contributed by atoms with Crippen LogP contribution in [0.1, 0.15) is 11.1 Å². The lowest BCUT2D eigenvalue weighted by Gasteiger charge is -2.13. The first-order chi connectivity index (χ1) is 16.6. The topological polar surface area (TPSA) is 71.3 Å². The third kappa shape index (κ3) is 5.37. The van der Waals surface area contributed by atoms with Gasteiger partial charge in [-0.3, -0.25) is 4.79 Å². The number of hydrogen-bond donors (Lipinski definition) is 1. The number of amides is 1. The molecule has 0 saturated heterocycles. The molecule has 0 radical (unpaired) electrons. The molecule has 0 saturated carbocycles. The Balaban J connectivity index is 1.55. The van der Waals surface area contributed by atoms with Gasteiger partial charge in [0.05, 0.1) is 23.8 Å². The quantitative estimate of drug-likeness (QED) is 0.245. The first kappa shape index (κ1) is 22.9. The molecule has 0 aliphatic carbocycles. The molecule has 0 unspecified atom stereocenters. The highest BCUT2D eigenvalue weighted by atomic mass is 35.5. The van der Waals surface area contributed by atoms with Crippen molar-refractivity contribution in [2.75, 3.05) is 19.0 Å². The molecule has 1 N–H and O–H groups in total. The summed E-state index contributed by atoms with van der Waals surface area (Å²) in [6, 6.07) is 28.6. The molecule has 6 heteroatoms. The van der Waals surface area contributed by atoms with E-state index in [-0.39, 0.29) is 23.3 Å². The predicted octanol–water partition coefficient (Wildman–Crippen LogP) is 6.58. The lowest BCUT2D eigenvalue weighted by atomic mass is 10.00. The number of carbonyl (C=O) groups is 1. The van der Waals surface area contributed by atoms with E-state index >= 15 is 0 Å². The van der Waals surface area contributed by atoms with Crippen molar-refractivity contribution in [3.05, 3.63) is 101 Å². The average molecular weight is 469 g/mol. The molecule has 34 heavy (non-hydrogen) atoms. The van der Waals surface area contributed by atoms with Crippen LogP contribution in [0.5, 0.6) is 11.5 Å². The SMILES string of the molecule is COc1cc(C=C(C#N)c2ccc3ccccc3c2)cc(Cl)c1OCC(=O)Nc1ccccc1. The van der Waals surface area contributed by atoms with Crippen LogP contribution in [0.2, 0.25) is 5.02 Å². The molecule has 0 aliphatic rings. The van der Waals surface area contributed by atoms with Crippen molar-refractivity contribution in [2.45, 2.75) is 0 Å². The fourth-order valence-electron chi connectivity index (χ4n) is 3.52. The fraction of sp³-hybridized carbons (Fsp3) is 0.0714. The van der Waals surface area contributed by atoms with Gasteiger partial charge < -0.3 is 14.8 Å². The van der Waals surface area contributed by atoms with Gasteiger partial charge >= 0.3 is 0 Å².